The van der Waals surface area contributed by atoms with Gasteiger partial charge in [0.2, 0.25) is 5.91 Å². The average Bonchev–Trinajstić information content (AvgIpc) is 2.80. The topological polar surface area (TPSA) is 79.5 Å². The second-order valence-corrected chi connectivity index (χ2v) is 8.42. The second-order valence-electron chi connectivity index (χ2n) is 7.10. The molecular formula is C25H24BrN3O3S. The predicted molar refractivity (Wildman–Crippen MR) is 139 cm³/mol. The van der Waals surface area contributed by atoms with Crippen LogP contribution in [-0.2, 0) is 11.2 Å². The van der Waals surface area contributed by atoms with Gasteiger partial charge in [0.15, 0.2) is 5.11 Å². The Balaban J connectivity index is 1.56. The molecule has 2 amide bonds. The molecule has 3 rings (SSSR count). The van der Waals surface area contributed by atoms with E-state index in [-0.39, 0.29) is 16.9 Å². The van der Waals surface area contributed by atoms with Gasteiger partial charge in [-0.15, -0.1) is 0 Å². The molecule has 3 N–H and O–H groups in total. The van der Waals surface area contributed by atoms with Crippen LogP contribution < -0.4 is 20.7 Å². The maximum Gasteiger partial charge on any atom is 0.261 e. The van der Waals surface area contributed by atoms with E-state index in [2.05, 4.69) is 31.9 Å². The molecule has 0 aromatic heterocycles. The van der Waals surface area contributed by atoms with Crippen LogP contribution in [0.5, 0.6) is 5.75 Å². The van der Waals surface area contributed by atoms with E-state index in [1.807, 2.05) is 37.3 Å². The van der Waals surface area contributed by atoms with Crippen LogP contribution >= 0.6 is 28.1 Å². The van der Waals surface area contributed by atoms with Gasteiger partial charge in [0, 0.05) is 22.3 Å². The van der Waals surface area contributed by atoms with Crippen LogP contribution in [0.25, 0.3) is 0 Å². The Labute approximate surface area is 206 Å². The van der Waals surface area contributed by atoms with Crippen molar-refractivity contribution in [2.24, 2.45) is 0 Å². The van der Waals surface area contributed by atoms with Crippen molar-refractivity contribution in [2.45, 2.75) is 19.8 Å². The van der Waals surface area contributed by atoms with Crippen molar-refractivity contribution in [1.82, 2.24) is 5.32 Å². The quantitative estimate of drug-likeness (QED) is 0.336. The Kier molecular flexibility index (Phi) is 8.97. The standard InChI is InChI=1S/C25H24BrN3O3S/c1-2-32-22-13-12-18(26)15-21(22)24(31)29-25(33)28-20-10-6-9-19(16-20)27-23(30)14-11-17-7-4-3-5-8-17/h3-10,12-13,15-16H,2,11,14H2,1H3,(H,27,30)(H2,28,29,31,33). The normalized spacial score (nSPS) is 10.2. The van der Waals surface area contributed by atoms with Gasteiger partial charge in [-0.3, -0.25) is 14.9 Å². The van der Waals surface area contributed by atoms with Gasteiger partial charge in [-0.25, -0.2) is 0 Å². The van der Waals surface area contributed by atoms with Crippen molar-refractivity contribution in [1.29, 1.82) is 0 Å². The Bertz CT molecular complexity index is 1140. The number of hydrogen-bond donors (Lipinski definition) is 3. The molecule has 3 aromatic carbocycles. The molecule has 0 aliphatic heterocycles. The molecule has 0 aliphatic carbocycles. The summed E-state index contributed by atoms with van der Waals surface area (Å²) in [4.78, 5) is 25.0. The molecule has 6 nitrogen and oxygen atoms in total. The molecule has 33 heavy (non-hydrogen) atoms. The van der Waals surface area contributed by atoms with E-state index in [1.54, 1.807) is 42.5 Å². The molecule has 0 saturated heterocycles. The summed E-state index contributed by atoms with van der Waals surface area (Å²) in [6, 6.07) is 22.2. The zero-order valence-corrected chi connectivity index (χ0v) is 20.5. The minimum atomic E-state index is -0.386. The predicted octanol–water partition coefficient (Wildman–Crippen LogP) is 5.55. The van der Waals surface area contributed by atoms with Gasteiger partial charge in [-0.1, -0.05) is 52.3 Å². The molecule has 0 fully saturated rings. The molecule has 3 aromatic rings. The van der Waals surface area contributed by atoms with Gasteiger partial charge in [0.25, 0.3) is 5.91 Å². The number of rotatable bonds is 8. The number of aryl methyl sites for hydroxylation is 1. The first-order valence-corrected chi connectivity index (χ1v) is 11.6. The lowest BCUT2D eigenvalue weighted by Crippen LogP contribution is -2.34. The lowest BCUT2D eigenvalue weighted by atomic mass is 10.1. The third-order valence-corrected chi connectivity index (χ3v) is 5.30. The Morgan fingerprint density at radius 2 is 1.67 bits per heavy atom. The van der Waals surface area contributed by atoms with E-state index in [9.17, 15) is 9.59 Å². The van der Waals surface area contributed by atoms with Crippen LogP contribution in [0.4, 0.5) is 11.4 Å². The Morgan fingerprint density at radius 1 is 0.939 bits per heavy atom. The summed E-state index contributed by atoms with van der Waals surface area (Å²) in [7, 11) is 0. The maximum atomic E-state index is 12.7. The van der Waals surface area contributed by atoms with Crippen LogP contribution in [-0.4, -0.2) is 23.5 Å². The highest BCUT2D eigenvalue weighted by Gasteiger charge is 2.15. The van der Waals surface area contributed by atoms with Crippen molar-refractivity contribution in [3.63, 3.8) is 0 Å². The van der Waals surface area contributed by atoms with E-state index in [0.717, 1.165) is 10.0 Å². The van der Waals surface area contributed by atoms with Crippen molar-refractivity contribution in [2.75, 3.05) is 17.2 Å². The Hall–Kier alpha value is -3.23. The molecule has 0 unspecified atom stereocenters. The first-order valence-electron chi connectivity index (χ1n) is 10.4. The van der Waals surface area contributed by atoms with Crippen molar-refractivity contribution >= 4 is 56.4 Å². The average molecular weight is 526 g/mol. The first kappa shape index (κ1) is 24.4. The summed E-state index contributed by atoms with van der Waals surface area (Å²) in [6.45, 7) is 2.29. The highest BCUT2D eigenvalue weighted by atomic mass is 79.9. The summed E-state index contributed by atoms with van der Waals surface area (Å²) < 4.78 is 6.28. The van der Waals surface area contributed by atoms with E-state index in [1.165, 1.54) is 0 Å². The van der Waals surface area contributed by atoms with Crippen molar-refractivity contribution < 1.29 is 14.3 Å². The van der Waals surface area contributed by atoms with E-state index < -0.39 is 0 Å². The number of anilines is 2. The van der Waals surface area contributed by atoms with Gasteiger partial charge in [0.05, 0.1) is 12.2 Å². The lowest BCUT2D eigenvalue weighted by molar-refractivity contribution is -0.116. The molecule has 0 radical (unpaired) electrons. The van der Waals surface area contributed by atoms with Crippen molar-refractivity contribution in [3.05, 3.63) is 88.4 Å². The van der Waals surface area contributed by atoms with Gasteiger partial charge in [-0.2, -0.15) is 0 Å². The third-order valence-electron chi connectivity index (χ3n) is 4.60. The largest absolute Gasteiger partial charge is 0.493 e. The number of hydrogen-bond acceptors (Lipinski definition) is 4. The third kappa shape index (κ3) is 7.69. The minimum Gasteiger partial charge on any atom is -0.493 e. The molecule has 8 heteroatoms. The number of thiocarbonyl (C=S) groups is 1. The number of ether oxygens (including phenoxy) is 1. The summed E-state index contributed by atoms with van der Waals surface area (Å²) in [5.41, 5.74) is 2.76. The number of nitrogens with one attached hydrogen (secondary N) is 3. The summed E-state index contributed by atoms with van der Waals surface area (Å²) in [5, 5.41) is 8.66. The van der Waals surface area contributed by atoms with Gasteiger partial charge >= 0.3 is 0 Å². The Morgan fingerprint density at radius 3 is 2.39 bits per heavy atom. The van der Waals surface area contributed by atoms with E-state index in [4.69, 9.17) is 17.0 Å². The summed E-state index contributed by atoms with van der Waals surface area (Å²) in [5.74, 6) is 0.00817. The van der Waals surface area contributed by atoms with Crippen LogP contribution in [0.15, 0.2) is 77.3 Å². The maximum absolute atomic E-state index is 12.7. The molecular weight excluding hydrogens is 502 g/mol. The highest BCUT2D eigenvalue weighted by molar-refractivity contribution is 9.10. The first-order chi connectivity index (χ1) is 15.9. The smallest absolute Gasteiger partial charge is 0.261 e. The van der Waals surface area contributed by atoms with E-state index in [0.29, 0.717) is 42.1 Å². The van der Waals surface area contributed by atoms with Gasteiger partial charge in [-0.05, 0) is 67.5 Å². The second kappa shape index (κ2) is 12.1. The molecule has 0 spiro atoms. The van der Waals surface area contributed by atoms with Crippen LogP contribution in [0, 0.1) is 0 Å². The monoisotopic (exact) mass is 525 g/mol. The zero-order valence-electron chi connectivity index (χ0n) is 18.1. The van der Waals surface area contributed by atoms with Crippen LogP contribution in [0.2, 0.25) is 0 Å². The number of benzene rings is 3. The molecule has 0 saturated carbocycles. The van der Waals surface area contributed by atoms with Gasteiger partial charge < -0.3 is 15.4 Å². The molecule has 0 bridgehead atoms. The number of amides is 2. The van der Waals surface area contributed by atoms with Crippen LogP contribution in [0.3, 0.4) is 0 Å². The highest BCUT2D eigenvalue weighted by Crippen LogP contribution is 2.23. The number of carbonyl (C=O) groups is 2. The molecule has 170 valence electrons. The summed E-state index contributed by atoms with van der Waals surface area (Å²) in [6.07, 6.45) is 1.05. The zero-order chi connectivity index (χ0) is 23.6. The fourth-order valence-corrected chi connectivity index (χ4v) is 3.67. The fraction of sp³-hybridized carbons (Fsp3) is 0.160. The lowest BCUT2D eigenvalue weighted by Gasteiger charge is -2.13. The minimum absolute atomic E-state index is 0.0787. The van der Waals surface area contributed by atoms with E-state index >= 15 is 0 Å². The number of carbonyl (C=O) groups excluding carboxylic acids is 2. The van der Waals surface area contributed by atoms with Crippen molar-refractivity contribution in [3.8, 4) is 5.75 Å². The molecule has 0 aliphatic rings. The SMILES string of the molecule is CCOc1ccc(Br)cc1C(=O)NC(=S)Nc1cccc(NC(=O)CCc2ccccc2)c1. The molecule has 0 atom stereocenters. The molecule has 0 heterocycles. The fourth-order valence-electron chi connectivity index (χ4n) is 3.09. The van der Waals surface area contributed by atoms with Gasteiger partial charge in [0.1, 0.15) is 5.75 Å². The number of halogens is 1. The summed E-state index contributed by atoms with van der Waals surface area (Å²) >= 11 is 8.67. The van der Waals surface area contributed by atoms with Crippen LogP contribution in [0.1, 0.15) is 29.3 Å².